The molecule has 7 nitrogen and oxygen atoms in total. The number of ether oxygens (including phenoxy) is 2. The number of pyridine rings is 1. The molecule has 1 N–H and O–H groups in total. The van der Waals surface area contributed by atoms with E-state index in [-0.39, 0.29) is 18.3 Å². The quantitative estimate of drug-likeness (QED) is 0.501. The Morgan fingerprint density at radius 1 is 1.22 bits per heavy atom. The highest BCUT2D eigenvalue weighted by Gasteiger charge is 2.27. The number of para-hydroxylation sites is 1. The molecule has 0 fully saturated rings. The third-order valence-electron chi connectivity index (χ3n) is 5.98. The van der Waals surface area contributed by atoms with E-state index in [9.17, 15) is 14.4 Å². The summed E-state index contributed by atoms with van der Waals surface area (Å²) in [5.41, 5.74) is 3.89. The van der Waals surface area contributed by atoms with Crippen molar-refractivity contribution in [3.05, 3.63) is 64.8 Å². The topological polar surface area (TPSA) is 94.6 Å². The Hall–Kier alpha value is -3.74. The van der Waals surface area contributed by atoms with Crippen LogP contribution in [0, 0.1) is 5.92 Å². The predicted molar refractivity (Wildman–Crippen MR) is 118 cm³/mol. The molecule has 1 unspecified atom stereocenters. The Morgan fingerprint density at radius 2 is 2.06 bits per heavy atom. The Balaban J connectivity index is 1.40. The largest absolute Gasteiger partial charge is 0.482 e. The molecule has 5 rings (SSSR count). The maximum Gasteiger partial charge on any atom is 0.339 e. The van der Waals surface area contributed by atoms with E-state index in [4.69, 9.17) is 14.5 Å². The fourth-order valence-corrected chi connectivity index (χ4v) is 4.34. The maximum absolute atomic E-state index is 13.2. The Bertz CT molecular complexity index is 1270. The minimum atomic E-state index is -0.517. The van der Waals surface area contributed by atoms with Gasteiger partial charge in [-0.05, 0) is 55.0 Å². The first-order valence-corrected chi connectivity index (χ1v) is 10.7. The summed E-state index contributed by atoms with van der Waals surface area (Å²) in [6.45, 7) is 1.71. The summed E-state index contributed by atoms with van der Waals surface area (Å²) in [7, 11) is 0. The third kappa shape index (κ3) is 3.70. The van der Waals surface area contributed by atoms with Gasteiger partial charge in [-0.2, -0.15) is 0 Å². The second kappa shape index (κ2) is 8.07. The molecule has 1 amide bonds. The zero-order chi connectivity index (χ0) is 22.2. The smallest absolute Gasteiger partial charge is 0.339 e. The highest BCUT2D eigenvalue weighted by molar-refractivity contribution is 6.07. The lowest BCUT2D eigenvalue weighted by molar-refractivity contribution is -0.118. The van der Waals surface area contributed by atoms with Crippen molar-refractivity contribution >= 4 is 34.3 Å². The van der Waals surface area contributed by atoms with Crippen molar-refractivity contribution in [2.75, 3.05) is 18.5 Å². The third-order valence-corrected chi connectivity index (χ3v) is 5.98. The summed E-state index contributed by atoms with van der Waals surface area (Å²) in [6, 6.07) is 12.3. The van der Waals surface area contributed by atoms with Crippen LogP contribution in [0.25, 0.3) is 10.9 Å². The Kier molecular flexibility index (Phi) is 5.09. The van der Waals surface area contributed by atoms with Crippen LogP contribution in [0.15, 0.2) is 42.5 Å². The van der Waals surface area contributed by atoms with Gasteiger partial charge in [0.15, 0.2) is 19.0 Å². The van der Waals surface area contributed by atoms with Crippen molar-refractivity contribution in [2.24, 2.45) is 5.92 Å². The van der Waals surface area contributed by atoms with Crippen LogP contribution in [0.5, 0.6) is 5.75 Å². The second-order valence-corrected chi connectivity index (χ2v) is 8.32. The number of benzene rings is 2. The van der Waals surface area contributed by atoms with Crippen LogP contribution in [-0.2, 0) is 22.4 Å². The number of carbonyl (C=O) groups is 3. The zero-order valence-electron chi connectivity index (χ0n) is 17.6. The molecule has 0 bridgehead atoms. The van der Waals surface area contributed by atoms with E-state index in [0.29, 0.717) is 28.5 Å². The summed E-state index contributed by atoms with van der Waals surface area (Å²) in [5, 5.41) is 3.42. The minimum Gasteiger partial charge on any atom is -0.482 e. The molecule has 1 aliphatic carbocycles. The average Bonchev–Trinajstić information content (AvgIpc) is 2.80. The van der Waals surface area contributed by atoms with Crippen LogP contribution in [-0.4, -0.2) is 35.9 Å². The van der Waals surface area contributed by atoms with Crippen LogP contribution in [0.2, 0.25) is 0 Å². The lowest BCUT2D eigenvalue weighted by atomic mass is 9.84. The molecule has 2 heterocycles. The van der Waals surface area contributed by atoms with Gasteiger partial charge in [0.1, 0.15) is 5.75 Å². The number of ketones is 1. The molecule has 162 valence electrons. The van der Waals surface area contributed by atoms with E-state index >= 15 is 0 Å². The van der Waals surface area contributed by atoms with Gasteiger partial charge in [0.05, 0.1) is 16.8 Å². The lowest BCUT2D eigenvalue weighted by Crippen LogP contribution is -2.25. The molecule has 0 spiro atoms. The molecule has 32 heavy (non-hydrogen) atoms. The number of hydrogen-bond acceptors (Lipinski definition) is 6. The van der Waals surface area contributed by atoms with Gasteiger partial charge in [0.2, 0.25) is 0 Å². The second-order valence-electron chi connectivity index (χ2n) is 8.32. The van der Waals surface area contributed by atoms with Gasteiger partial charge in [-0.1, -0.05) is 25.1 Å². The van der Waals surface area contributed by atoms with Crippen molar-refractivity contribution in [1.82, 2.24) is 4.98 Å². The number of fused-ring (bicyclic) bond motifs is 3. The SMILES string of the molecule is CC1CCc2nc3ccccc3c(C(=O)OCC(=O)c3ccc4c(c3)NC(=O)CO4)c2C1. The first-order valence-electron chi connectivity index (χ1n) is 10.7. The van der Waals surface area contributed by atoms with Gasteiger partial charge in [-0.15, -0.1) is 0 Å². The molecule has 0 saturated heterocycles. The van der Waals surface area contributed by atoms with E-state index in [2.05, 4.69) is 12.2 Å². The van der Waals surface area contributed by atoms with Gasteiger partial charge in [0, 0.05) is 16.6 Å². The zero-order valence-corrected chi connectivity index (χ0v) is 17.6. The number of aryl methyl sites for hydroxylation is 1. The summed E-state index contributed by atoms with van der Waals surface area (Å²) < 4.78 is 10.8. The molecule has 2 aliphatic rings. The fraction of sp³-hybridized carbons (Fsp3) is 0.280. The van der Waals surface area contributed by atoms with Crippen molar-refractivity contribution < 1.29 is 23.9 Å². The molecule has 1 atom stereocenters. The standard InChI is InChI=1S/C25H22N2O5/c1-14-6-8-19-17(10-14)24(16-4-2-3-5-18(16)26-19)25(30)32-12-21(28)15-7-9-22-20(11-15)27-23(29)13-31-22/h2-5,7,9,11,14H,6,8,10,12-13H2,1H3,(H,27,29). The normalized spacial score (nSPS) is 17.0. The molecule has 7 heteroatoms. The highest BCUT2D eigenvalue weighted by Crippen LogP contribution is 2.32. The van der Waals surface area contributed by atoms with Gasteiger partial charge >= 0.3 is 5.97 Å². The molecule has 0 saturated carbocycles. The van der Waals surface area contributed by atoms with Crippen LogP contribution in [0.3, 0.4) is 0 Å². The van der Waals surface area contributed by atoms with E-state index < -0.39 is 12.6 Å². The molecule has 3 aromatic rings. The number of aromatic nitrogens is 1. The summed E-state index contributed by atoms with van der Waals surface area (Å²) in [5.74, 6) is -0.204. The highest BCUT2D eigenvalue weighted by atomic mass is 16.5. The molecule has 2 aromatic carbocycles. The monoisotopic (exact) mass is 430 g/mol. The number of amides is 1. The molecular formula is C25H22N2O5. The summed E-state index contributed by atoms with van der Waals surface area (Å²) in [4.78, 5) is 42.2. The maximum atomic E-state index is 13.2. The Labute approximate surface area is 184 Å². The number of Topliss-reactive ketones (excluding diaryl/α,β-unsaturated/α-hetero) is 1. The van der Waals surface area contributed by atoms with Crippen LogP contribution < -0.4 is 10.1 Å². The lowest BCUT2D eigenvalue weighted by Gasteiger charge is -2.24. The van der Waals surface area contributed by atoms with Crippen LogP contribution >= 0.6 is 0 Å². The fourth-order valence-electron chi connectivity index (χ4n) is 4.34. The van der Waals surface area contributed by atoms with Crippen molar-refractivity contribution in [2.45, 2.75) is 26.2 Å². The number of esters is 1. The van der Waals surface area contributed by atoms with Crippen molar-refractivity contribution in [3.8, 4) is 5.75 Å². The molecular weight excluding hydrogens is 408 g/mol. The number of nitrogens with one attached hydrogen (secondary N) is 1. The van der Waals surface area contributed by atoms with Crippen LogP contribution in [0.1, 0.15) is 45.3 Å². The van der Waals surface area contributed by atoms with Gasteiger partial charge in [-0.25, -0.2) is 4.79 Å². The minimum absolute atomic E-state index is 0.0548. The number of nitrogens with zero attached hydrogens (tertiary/aromatic N) is 1. The van der Waals surface area contributed by atoms with E-state index in [0.717, 1.165) is 41.4 Å². The van der Waals surface area contributed by atoms with Crippen molar-refractivity contribution in [3.63, 3.8) is 0 Å². The number of carbonyl (C=O) groups excluding carboxylic acids is 3. The first-order chi connectivity index (χ1) is 15.5. The summed E-state index contributed by atoms with van der Waals surface area (Å²) in [6.07, 6.45) is 2.61. The molecule has 0 radical (unpaired) electrons. The first kappa shape index (κ1) is 20.2. The molecule has 1 aromatic heterocycles. The van der Waals surface area contributed by atoms with Gasteiger partial charge < -0.3 is 14.8 Å². The van der Waals surface area contributed by atoms with Gasteiger partial charge in [-0.3, -0.25) is 14.6 Å². The number of hydrogen-bond donors (Lipinski definition) is 1. The van der Waals surface area contributed by atoms with E-state index in [1.54, 1.807) is 12.1 Å². The van der Waals surface area contributed by atoms with E-state index in [1.165, 1.54) is 6.07 Å². The van der Waals surface area contributed by atoms with Crippen LogP contribution in [0.4, 0.5) is 5.69 Å². The predicted octanol–water partition coefficient (Wildman–Crippen LogP) is 3.73. The summed E-state index contributed by atoms with van der Waals surface area (Å²) >= 11 is 0. The van der Waals surface area contributed by atoms with Crippen molar-refractivity contribution in [1.29, 1.82) is 0 Å². The van der Waals surface area contributed by atoms with E-state index in [1.807, 2.05) is 24.3 Å². The number of rotatable bonds is 4. The molecule has 1 aliphatic heterocycles. The Morgan fingerprint density at radius 3 is 2.94 bits per heavy atom. The van der Waals surface area contributed by atoms with Gasteiger partial charge in [0.25, 0.3) is 5.91 Å². The average molecular weight is 430 g/mol. The number of anilines is 1.